The van der Waals surface area contributed by atoms with Gasteiger partial charge in [0.05, 0.1) is 12.6 Å². The van der Waals surface area contributed by atoms with Crippen molar-refractivity contribution in [3.8, 4) is 0 Å². The maximum absolute atomic E-state index is 11.9. The smallest absolute Gasteiger partial charge is 0.329 e. The Morgan fingerprint density at radius 3 is 2.79 bits per heavy atom. The van der Waals surface area contributed by atoms with E-state index in [2.05, 4.69) is 28.4 Å². The van der Waals surface area contributed by atoms with Crippen LogP contribution in [0.1, 0.15) is 25.7 Å². The van der Waals surface area contributed by atoms with E-state index in [1.807, 2.05) is 11.1 Å². The summed E-state index contributed by atoms with van der Waals surface area (Å²) in [5, 5.41) is 0. The van der Waals surface area contributed by atoms with Crippen LogP contribution in [-0.4, -0.2) is 39.4 Å². The zero-order chi connectivity index (χ0) is 17.5. The van der Waals surface area contributed by atoms with E-state index >= 15 is 0 Å². The molecule has 8 heteroatoms. The van der Waals surface area contributed by atoms with Crippen molar-refractivity contribution in [3.63, 3.8) is 0 Å². The molecule has 0 amide bonds. The van der Waals surface area contributed by atoms with E-state index in [9.17, 15) is 9.59 Å². The Hall–Kier alpha value is -2.35. The molecule has 1 N–H and O–H groups in total. The molecule has 3 rings (SSSR count). The average molecular weight is 333 g/mol. The molecule has 8 nitrogen and oxygen atoms in total. The summed E-state index contributed by atoms with van der Waals surface area (Å²) < 4.78 is 8.27. The summed E-state index contributed by atoms with van der Waals surface area (Å²) in [6, 6.07) is 1.44. The first-order valence-corrected chi connectivity index (χ1v) is 7.92. The van der Waals surface area contributed by atoms with Crippen LogP contribution in [0.3, 0.4) is 0 Å². The van der Waals surface area contributed by atoms with Crippen molar-refractivity contribution in [1.82, 2.24) is 19.1 Å². The first-order chi connectivity index (χ1) is 11.3. The molecule has 1 aliphatic heterocycles. The Morgan fingerprint density at radius 1 is 1.42 bits per heavy atom. The molecule has 1 unspecified atom stereocenters. The quantitative estimate of drug-likeness (QED) is 0.861. The van der Waals surface area contributed by atoms with Gasteiger partial charge in [-0.2, -0.15) is 0 Å². The summed E-state index contributed by atoms with van der Waals surface area (Å²) in [5.41, 5.74) is -0.752. The Morgan fingerprint density at radius 2 is 2.17 bits per heavy atom. The molecular weight excluding hydrogens is 310 g/mol. The number of aromatic amines is 1. The molecule has 2 aromatic rings. The summed E-state index contributed by atoms with van der Waals surface area (Å²) in [7, 11) is 3.13. The van der Waals surface area contributed by atoms with E-state index in [0.717, 1.165) is 16.9 Å². The number of methoxy groups -OCH3 is 1. The zero-order valence-electron chi connectivity index (χ0n) is 14.4. The van der Waals surface area contributed by atoms with E-state index in [4.69, 9.17) is 4.74 Å². The summed E-state index contributed by atoms with van der Waals surface area (Å²) in [5.74, 6) is 1.44. The molecule has 0 radical (unpaired) electrons. The standard InChI is InChI=1S/C16H23N5O3/c1-16(2)10-21(11-9-12(22)19(3)15(23)18-11)13(16)14-17-5-6-20(14)7-8-24-4/h5-6,9,13H,7-8,10H2,1-4H3,(H,18,23). The van der Waals surface area contributed by atoms with Gasteiger partial charge in [-0.1, -0.05) is 13.8 Å². The van der Waals surface area contributed by atoms with Crippen molar-refractivity contribution < 1.29 is 4.74 Å². The molecule has 3 heterocycles. The van der Waals surface area contributed by atoms with Crippen LogP contribution in [0.5, 0.6) is 0 Å². The number of ether oxygens (including phenoxy) is 1. The van der Waals surface area contributed by atoms with Gasteiger partial charge in [0.25, 0.3) is 5.56 Å². The first-order valence-electron chi connectivity index (χ1n) is 7.92. The van der Waals surface area contributed by atoms with Crippen molar-refractivity contribution in [2.45, 2.75) is 26.4 Å². The SMILES string of the molecule is COCCn1ccnc1C1N(c2cc(=O)n(C)c(=O)[nH]2)CC1(C)C. The highest BCUT2D eigenvalue weighted by molar-refractivity contribution is 5.46. The molecule has 2 aromatic heterocycles. The van der Waals surface area contributed by atoms with E-state index < -0.39 is 5.69 Å². The van der Waals surface area contributed by atoms with Gasteiger partial charge in [-0.3, -0.25) is 14.3 Å². The number of anilines is 1. The molecule has 0 aliphatic carbocycles. The van der Waals surface area contributed by atoms with Crippen molar-refractivity contribution >= 4 is 5.82 Å². The number of nitrogens with one attached hydrogen (secondary N) is 1. The van der Waals surface area contributed by atoms with Crippen molar-refractivity contribution in [2.24, 2.45) is 12.5 Å². The van der Waals surface area contributed by atoms with E-state index in [-0.39, 0.29) is 17.0 Å². The molecule has 1 fully saturated rings. The van der Waals surface area contributed by atoms with Crippen LogP contribution in [0.25, 0.3) is 0 Å². The third-order valence-electron chi connectivity index (χ3n) is 4.60. The maximum atomic E-state index is 11.9. The van der Waals surface area contributed by atoms with Gasteiger partial charge in [0.2, 0.25) is 0 Å². The summed E-state index contributed by atoms with van der Waals surface area (Å²) in [4.78, 5) is 33.2. The van der Waals surface area contributed by atoms with Gasteiger partial charge in [0.15, 0.2) is 0 Å². The minimum absolute atomic E-state index is 0.0197. The van der Waals surface area contributed by atoms with Gasteiger partial charge in [0, 0.05) is 51.1 Å². The van der Waals surface area contributed by atoms with Gasteiger partial charge in [-0.25, -0.2) is 9.78 Å². The number of hydrogen-bond acceptors (Lipinski definition) is 5. The maximum Gasteiger partial charge on any atom is 0.329 e. The largest absolute Gasteiger partial charge is 0.383 e. The second-order valence-electron chi connectivity index (χ2n) is 6.85. The highest BCUT2D eigenvalue weighted by atomic mass is 16.5. The Labute approximate surface area is 139 Å². The normalized spacial score (nSPS) is 19.3. The Balaban J connectivity index is 1.98. The van der Waals surface area contributed by atoms with Gasteiger partial charge >= 0.3 is 5.69 Å². The fourth-order valence-corrected chi connectivity index (χ4v) is 3.28. The van der Waals surface area contributed by atoms with Crippen molar-refractivity contribution in [3.05, 3.63) is 45.1 Å². The monoisotopic (exact) mass is 333 g/mol. The molecule has 1 atom stereocenters. The van der Waals surface area contributed by atoms with Crippen LogP contribution in [0, 0.1) is 5.41 Å². The van der Waals surface area contributed by atoms with E-state index in [1.54, 1.807) is 13.3 Å². The minimum Gasteiger partial charge on any atom is -0.383 e. The molecule has 1 saturated heterocycles. The minimum atomic E-state index is -0.413. The second kappa shape index (κ2) is 5.94. The summed E-state index contributed by atoms with van der Waals surface area (Å²) in [6.07, 6.45) is 3.69. The molecule has 24 heavy (non-hydrogen) atoms. The lowest BCUT2D eigenvalue weighted by molar-refractivity contribution is 0.156. The topological polar surface area (TPSA) is 85.2 Å². The Bertz CT molecular complexity index is 817. The summed E-state index contributed by atoms with van der Waals surface area (Å²) in [6.45, 7) is 6.35. The second-order valence-corrected chi connectivity index (χ2v) is 6.85. The lowest BCUT2D eigenvalue weighted by Gasteiger charge is -2.54. The molecule has 0 saturated carbocycles. The molecular formula is C16H23N5O3. The lowest BCUT2D eigenvalue weighted by atomic mass is 9.74. The lowest BCUT2D eigenvalue weighted by Crippen LogP contribution is -2.57. The third kappa shape index (κ3) is 2.66. The highest BCUT2D eigenvalue weighted by Crippen LogP contribution is 2.49. The predicted octanol–water partition coefficient (Wildman–Crippen LogP) is 0.504. The van der Waals surface area contributed by atoms with E-state index in [0.29, 0.717) is 19.0 Å². The number of hydrogen-bond donors (Lipinski definition) is 1. The zero-order valence-corrected chi connectivity index (χ0v) is 14.4. The number of nitrogens with zero attached hydrogens (tertiary/aromatic N) is 4. The predicted molar refractivity (Wildman–Crippen MR) is 90.3 cm³/mol. The van der Waals surface area contributed by atoms with E-state index in [1.165, 1.54) is 13.1 Å². The van der Waals surface area contributed by atoms with Crippen molar-refractivity contribution in [2.75, 3.05) is 25.2 Å². The molecule has 0 bridgehead atoms. The molecule has 130 valence electrons. The average Bonchev–Trinajstić information content (AvgIpc) is 2.95. The van der Waals surface area contributed by atoms with Gasteiger partial charge < -0.3 is 14.2 Å². The molecule has 0 spiro atoms. The van der Waals surface area contributed by atoms with Crippen LogP contribution >= 0.6 is 0 Å². The van der Waals surface area contributed by atoms with Crippen LogP contribution in [0.2, 0.25) is 0 Å². The van der Waals surface area contributed by atoms with Gasteiger partial charge in [-0.05, 0) is 0 Å². The van der Waals surface area contributed by atoms with Crippen LogP contribution < -0.4 is 16.1 Å². The van der Waals surface area contributed by atoms with Gasteiger partial charge in [0.1, 0.15) is 11.6 Å². The number of rotatable bonds is 5. The molecule has 1 aliphatic rings. The Kier molecular flexibility index (Phi) is 4.08. The van der Waals surface area contributed by atoms with Crippen LogP contribution in [-0.2, 0) is 18.3 Å². The first kappa shape index (κ1) is 16.5. The molecule has 0 aromatic carbocycles. The fraction of sp³-hybridized carbons (Fsp3) is 0.562. The number of imidazole rings is 1. The number of H-pyrrole nitrogens is 1. The number of aromatic nitrogens is 4. The van der Waals surface area contributed by atoms with Crippen LogP contribution in [0.4, 0.5) is 5.82 Å². The highest BCUT2D eigenvalue weighted by Gasteiger charge is 2.49. The third-order valence-corrected chi connectivity index (χ3v) is 4.60. The summed E-state index contributed by atoms with van der Waals surface area (Å²) >= 11 is 0. The van der Waals surface area contributed by atoms with Gasteiger partial charge in [-0.15, -0.1) is 0 Å². The fourth-order valence-electron chi connectivity index (χ4n) is 3.28. The van der Waals surface area contributed by atoms with Crippen LogP contribution in [0.15, 0.2) is 28.0 Å². The van der Waals surface area contributed by atoms with Crippen molar-refractivity contribution in [1.29, 1.82) is 0 Å².